The maximum absolute atomic E-state index is 14.4. The number of anilines is 1. The summed E-state index contributed by atoms with van der Waals surface area (Å²) in [6.45, 7) is 8.25. The molecule has 2 aromatic carbocycles. The van der Waals surface area contributed by atoms with Gasteiger partial charge >= 0.3 is 0 Å². The van der Waals surface area contributed by atoms with Crippen LogP contribution in [-0.4, -0.2) is 56.9 Å². The highest BCUT2D eigenvalue weighted by molar-refractivity contribution is 8.02. The summed E-state index contributed by atoms with van der Waals surface area (Å²) in [5.74, 6) is -1.64. The predicted molar refractivity (Wildman–Crippen MR) is 150 cm³/mol. The summed E-state index contributed by atoms with van der Waals surface area (Å²) >= 11 is 1.65. The molecular weight excluding hydrogens is 498 g/mol. The second-order valence-corrected chi connectivity index (χ2v) is 12.5. The van der Waals surface area contributed by atoms with Gasteiger partial charge in [-0.3, -0.25) is 14.4 Å². The van der Waals surface area contributed by atoms with Crippen molar-refractivity contribution >= 4 is 35.2 Å². The van der Waals surface area contributed by atoms with Crippen LogP contribution in [0.1, 0.15) is 49.4 Å². The van der Waals surface area contributed by atoms with E-state index in [1.54, 1.807) is 16.7 Å². The fraction of sp³-hybridized carbons (Fsp3) is 0.500. The van der Waals surface area contributed by atoms with Gasteiger partial charge in [-0.15, -0.1) is 11.8 Å². The van der Waals surface area contributed by atoms with Crippen molar-refractivity contribution in [2.24, 2.45) is 17.8 Å². The number of benzene rings is 2. The Kier molecular flexibility index (Phi) is 7.31. The van der Waals surface area contributed by atoms with Gasteiger partial charge in [0.25, 0.3) is 0 Å². The Morgan fingerprint density at radius 3 is 2.42 bits per heavy atom. The molecule has 3 heterocycles. The minimum absolute atomic E-state index is 0.0160. The molecule has 2 bridgehead atoms. The van der Waals surface area contributed by atoms with Crippen molar-refractivity contribution in [3.8, 4) is 0 Å². The Hall–Kier alpha value is -2.84. The molecule has 3 unspecified atom stereocenters. The molecule has 3 amide bonds. The normalized spacial score (nSPS) is 30.3. The number of rotatable bonds is 8. The molecule has 0 radical (unpaired) electrons. The third-order valence-electron chi connectivity index (χ3n) is 8.71. The van der Waals surface area contributed by atoms with E-state index in [4.69, 9.17) is 0 Å². The highest BCUT2D eigenvalue weighted by Crippen LogP contribution is 2.69. The molecule has 2 aromatic rings. The molecule has 1 spiro atoms. The van der Waals surface area contributed by atoms with Gasteiger partial charge in [0.05, 0.1) is 29.2 Å². The van der Waals surface area contributed by atoms with E-state index in [2.05, 4.69) is 17.6 Å². The number of hydrogen-bond donors (Lipinski definition) is 3. The zero-order valence-electron chi connectivity index (χ0n) is 22.4. The number of thioether (sulfide) groups is 1. The van der Waals surface area contributed by atoms with Gasteiger partial charge in [-0.05, 0) is 49.3 Å². The number of para-hydroxylation sites is 1. The molecule has 7 atom stereocenters. The molecule has 3 N–H and O–H groups in total. The minimum Gasteiger partial charge on any atom is -0.394 e. The van der Waals surface area contributed by atoms with Gasteiger partial charge in [-0.25, -0.2) is 0 Å². The van der Waals surface area contributed by atoms with Crippen LogP contribution in [-0.2, 0) is 14.4 Å². The van der Waals surface area contributed by atoms with Gasteiger partial charge in [0, 0.05) is 17.5 Å². The van der Waals surface area contributed by atoms with Crippen molar-refractivity contribution in [1.82, 2.24) is 10.2 Å². The largest absolute Gasteiger partial charge is 0.394 e. The lowest BCUT2D eigenvalue weighted by atomic mass is 9.66. The monoisotopic (exact) mass is 535 g/mol. The number of nitrogens with one attached hydrogen (secondary N) is 2. The molecule has 0 aliphatic carbocycles. The fourth-order valence-corrected chi connectivity index (χ4v) is 9.40. The Morgan fingerprint density at radius 2 is 1.79 bits per heavy atom. The number of aliphatic hydroxyl groups excluding tert-OH is 1. The molecule has 0 saturated carbocycles. The van der Waals surface area contributed by atoms with Gasteiger partial charge in [0.15, 0.2) is 0 Å². The molecule has 3 fully saturated rings. The lowest BCUT2D eigenvalue weighted by Gasteiger charge is -2.40. The van der Waals surface area contributed by atoms with Crippen molar-refractivity contribution in [1.29, 1.82) is 0 Å². The van der Waals surface area contributed by atoms with E-state index in [0.717, 1.165) is 35.2 Å². The summed E-state index contributed by atoms with van der Waals surface area (Å²) in [5.41, 5.74) is 3.40. The molecule has 3 saturated heterocycles. The molecule has 3 aliphatic heterocycles. The van der Waals surface area contributed by atoms with Gasteiger partial charge < -0.3 is 20.6 Å². The highest BCUT2D eigenvalue weighted by Gasteiger charge is 2.76. The lowest BCUT2D eigenvalue weighted by molar-refractivity contribution is -0.142. The van der Waals surface area contributed by atoms with Crippen LogP contribution in [0.15, 0.2) is 48.5 Å². The summed E-state index contributed by atoms with van der Waals surface area (Å²) in [6, 6.07) is 13.7. The highest BCUT2D eigenvalue weighted by atomic mass is 32.2. The van der Waals surface area contributed by atoms with Gasteiger partial charge in [-0.1, -0.05) is 62.4 Å². The standard InChI is InChI=1S/C30H37N3O4S/c1-5-14-31-27(35)23-22-15-19(4)30(38-22)24(23)29(37)33(21(16-34)20-12-7-6-8-13-20)26(30)28(36)32-25-17(2)10-9-11-18(25)3/h6-13,19,21-24,26,34H,5,14-16H2,1-4H3,(H,31,35)(H,32,36)/t19?,21-,22+,23-,24+,26?,30?/m1/s1. The smallest absolute Gasteiger partial charge is 0.248 e. The maximum Gasteiger partial charge on any atom is 0.248 e. The number of nitrogens with zero attached hydrogens (tertiary/aromatic N) is 1. The van der Waals surface area contributed by atoms with Crippen molar-refractivity contribution in [2.45, 2.75) is 62.6 Å². The first-order valence-corrected chi connectivity index (χ1v) is 14.4. The number of aryl methyl sites for hydroxylation is 2. The van der Waals surface area contributed by atoms with Crippen LogP contribution in [0.4, 0.5) is 5.69 Å². The lowest BCUT2D eigenvalue weighted by Crippen LogP contribution is -2.55. The van der Waals surface area contributed by atoms with Crippen LogP contribution in [0.5, 0.6) is 0 Å². The first kappa shape index (κ1) is 26.8. The quantitative estimate of drug-likeness (QED) is 0.477. The average molecular weight is 536 g/mol. The van der Waals surface area contributed by atoms with Crippen LogP contribution < -0.4 is 10.6 Å². The molecule has 7 nitrogen and oxygen atoms in total. The Bertz CT molecular complexity index is 1220. The zero-order chi connectivity index (χ0) is 27.2. The maximum atomic E-state index is 14.4. The van der Waals surface area contributed by atoms with E-state index in [9.17, 15) is 19.5 Å². The third-order valence-corrected chi connectivity index (χ3v) is 10.8. The van der Waals surface area contributed by atoms with Gasteiger partial charge in [0.2, 0.25) is 17.7 Å². The topological polar surface area (TPSA) is 98.7 Å². The van der Waals surface area contributed by atoms with Crippen LogP contribution in [0.2, 0.25) is 0 Å². The summed E-state index contributed by atoms with van der Waals surface area (Å²) in [7, 11) is 0. The molecule has 38 heavy (non-hydrogen) atoms. The first-order chi connectivity index (χ1) is 18.3. The van der Waals surface area contributed by atoms with E-state index < -0.39 is 28.7 Å². The Labute approximate surface area is 228 Å². The van der Waals surface area contributed by atoms with E-state index in [1.165, 1.54) is 0 Å². The van der Waals surface area contributed by atoms with E-state index in [1.807, 2.05) is 69.3 Å². The van der Waals surface area contributed by atoms with Crippen LogP contribution in [0.25, 0.3) is 0 Å². The number of hydrogen-bond acceptors (Lipinski definition) is 5. The second kappa shape index (κ2) is 10.4. The SMILES string of the molecule is CCCNC(=O)[C@@H]1[C@@H]2CC(C)C3(S2)C(C(=O)Nc2c(C)cccc2C)N([C@H](CO)c2ccccc2)C(=O)[C@H]13. The zero-order valence-corrected chi connectivity index (χ0v) is 23.3. The number of fused-ring (bicyclic) bond motifs is 1. The second-order valence-electron chi connectivity index (χ2n) is 11.0. The Balaban J connectivity index is 1.62. The number of aliphatic hydroxyl groups is 1. The van der Waals surface area contributed by atoms with Crippen LogP contribution in [0.3, 0.4) is 0 Å². The molecular formula is C30H37N3O4S. The van der Waals surface area contributed by atoms with E-state index in [0.29, 0.717) is 6.54 Å². The molecule has 5 rings (SSSR count). The average Bonchev–Trinajstić information content (AvgIpc) is 3.50. The minimum atomic E-state index is -0.828. The van der Waals surface area contributed by atoms with Crippen molar-refractivity contribution in [3.63, 3.8) is 0 Å². The molecule has 202 valence electrons. The van der Waals surface area contributed by atoms with E-state index >= 15 is 0 Å². The number of carbonyl (C=O) groups is 3. The molecule has 0 aromatic heterocycles. The number of likely N-dealkylation sites (tertiary alicyclic amines) is 1. The van der Waals surface area contributed by atoms with Crippen LogP contribution >= 0.6 is 11.8 Å². The van der Waals surface area contributed by atoms with Crippen molar-refractivity contribution in [2.75, 3.05) is 18.5 Å². The summed E-state index contributed by atoms with van der Waals surface area (Å²) in [4.78, 5) is 43.8. The summed E-state index contributed by atoms with van der Waals surface area (Å²) in [5, 5.41) is 16.8. The van der Waals surface area contributed by atoms with Crippen LogP contribution in [0, 0.1) is 31.6 Å². The third kappa shape index (κ3) is 4.04. The van der Waals surface area contributed by atoms with Crippen molar-refractivity contribution < 1.29 is 19.5 Å². The molecule has 8 heteroatoms. The predicted octanol–water partition coefficient (Wildman–Crippen LogP) is 3.84. The van der Waals surface area contributed by atoms with Gasteiger partial charge in [-0.2, -0.15) is 0 Å². The van der Waals surface area contributed by atoms with Gasteiger partial charge in [0.1, 0.15) is 6.04 Å². The summed E-state index contributed by atoms with van der Waals surface area (Å²) < 4.78 is -0.751. The first-order valence-electron chi connectivity index (χ1n) is 13.6. The van der Waals surface area contributed by atoms with E-state index in [-0.39, 0.29) is 35.5 Å². The Morgan fingerprint density at radius 1 is 1.11 bits per heavy atom. The number of carbonyl (C=O) groups excluding carboxylic acids is 3. The number of amides is 3. The fourth-order valence-electron chi connectivity index (χ4n) is 6.99. The van der Waals surface area contributed by atoms with Crippen molar-refractivity contribution in [3.05, 3.63) is 65.2 Å². The molecule has 3 aliphatic rings. The summed E-state index contributed by atoms with van der Waals surface area (Å²) in [6.07, 6.45) is 1.58.